The van der Waals surface area contributed by atoms with Crippen LogP contribution in [0.15, 0.2) is 23.2 Å². The van der Waals surface area contributed by atoms with Crippen LogP contribution in [0.1, 0.15) is 26.7 Å². The molecule has 34 heavy (non-hydrogen) atoms. The number of rotatable bonds is 8. The van der Waals surface area contributed by atoms with Gasteiger partial charge in [0.15, 0.2) is 14.6 Å². The lowest BCUT2D eigenvalue weighted by molar-refractivity contribution is -0.141. The van der Waals surface area contributed by atoms with Crippen LogP contribution in [0.3, 0.4) is 0 Å². The van der Waals surface area contributed by atoms with Crippen molar-refractivity contribution in [2.45, 2.75) is 33.2 Å². The third-order valence-corrected chi connectivity index (χ3v) is 7.81. The molecule has 12 heteroatoms. The normalized spacial score (nSPS) is 17.1. The summed E-state index contributed by atoms with van der Waals surface area (Å²) < 4.78 is 37.5. The van der Waals surface area contributed by atoms with E-state index in [4.69, 9.17) is 9.47 Å². The topological polar surface area (TPSA) is 124 Å². The SMILES string of the molecule is CCOc1ccc2c(c1)sc(=NC(=O)CS(=O)(=O)CC(=O)N1CCCC(C)C1)n2CC(=O)OC. The quantitative estimate of drug-likeness (QED) is 0.490. The summed E-state index contributed by atoms with van der Waals surface area (Å²) in [6, 6.07) is 5.23. The lowest BCUT2D eigenvalue weighted by Crippen LogP contribution is -2.42. The van der Waals surface area contributed by atoms with Crippen molar-refractivity contribution in [1.29, 1.82) is 0 Å². The predicted octanol–water partition coefficient (Wildman–Crippen LogP) is 1.38. The molecule has 1 aromatic heterocycles. The number of ether oxygens (including phenoxy) is 2. The Kier molecular flexibility index (Phi) is 8.47. The average molecular weight is 512 g/mol. The first-order chi connectivity index (χ1) is 16.1. The van der Waals surface area contributed by atoms with Crippen molar-refractivity contribution in [1.82, 2.24) is 9.47 Å². The lowest BCUT2D eigenvalue weighted by atomic mass is 10.0. The standard InChI is InChI=1S/C22H29N3O7S2/c1-4-32-16-7-8-17-18(10-16)33-22(25(17)12-21(28)31-3)23-19(26)13-34(29,30)14-20(27)24-9-5-6-15(2)11-24/h7-8,10,15H,4-6,9,11-14H2,1-3H3. The Bertz CT molecular complexity index is 1250. The summed E-state index contributed by atoms with van der Waals surface area (Å²) in [5.74, 6) is -2.63. The Morgan fingerprint density at radius 3 is 2.68 bits per heavy atom. The molecule has 1 aliphatic rings. The van der Waals surface area contributed by atoms with Gasteiger partial charge >= 0.3 is 5.97 Å². The Morgan fingerprint density at radius 1 is 1.24 bits per heavy atom. The van der Waals surface area contributed by atoms with E-state index in [0.29, 0.717) is 41.6 Å². The highest BCUT2D eigenvalue weighted by molar-refractivity contribution is 7.92. The van der Waals surface area contributed by atoms with Crippen LogP contribution in [-0.4, -0.2) is 74.0 Å². The molecule has 0 N–H and O–H groups in total. The van der Waals surface area contributed by atoms with Crippen LogP contribution in [0, 0.1) is 5.92 Å². The largest absolute Gasteiger partial charge is 0.494 e. The molecule has 0 aliphatic carbocycles. The van der Waals surface area contributed by atoms with Crippen molar-refractivity contribution in [3.8, 4) is 5.75 Å². The second-order valence-corrected chi connectivity index (χ2v) is 11.3. The van der Waals surface area contributed by atoms with Gasteiger partial charge in [-0.25, -0.2) is 8.42 Å². The van der Waals surface area contributed by atoms with Gasteiger partial charge < -0.3 is 18.9 Å². The van der Waals surface area contributed by atoms with E-state index in [1.807, 2.05) is 13.8 Å². The molecule has 0 bridgehead atoms. The first-order valence-corrected chi connectivity index (χ1v) is 13.6. The number of amides is 2. The Labute approximate surface area is 202 Å². The summed E-state index contributed by atoms with van der Waals surface area (Å²) in [7, 11) is -2.75. The molecule has 3 rings (SSSR count). The van der Waals surface area contributed by atoms with E-state index in [9.17, 15) is 22.8 Å². The number of nitrogens with zero attached hydrogens (tertiary/aromatic N) is 3. The van der Waals surface area contributed by atoms with Crippen LogP contribution >= 0.6 is 11.3 Å². The summed E-state index contributed by atoms with van der Waals surface area (Å²) in [5.41, 5.74) is 0.627. The highest BCUT2D eigenvalue weighted by atomic mass is 32.2. The van der Waals surface area contributed by atoms with E-state index in [2.05, 4.69) is 4.99 Å². The van der Waals surface area contributed by atoms with Crippen LogP contribution in [0.2, 0.25) is 0 Å². The maximum Gasteiger partial charge on any atom is 0.325 e. The Hall–Kier alpha value is -2.73. The number of piperidine rings is 1. The second kappa shape index (κ2) is 11.1. The number of likely N-dealkylation sites (tertiary alicyclic amines) is 1. The minimum absolute atomic E-state index is 0.158. The minimum atomic E-state index is -4.00. The van der Waals surface area contributed by atoms with E-state index < -0.39 is 39.1 Å². The number of thiazole rings is 1. The van der Waals surface area contributed by atoms with Crippen molar-refractivity contribution in [2.75, 3.05) is 38.3 Å². The second-order valence-electron chi connectivity index (χ2n) is 8.23. The molecule has 1 saturated heterocycles. The molecule has 10 nitrogen and oxygen atoms in total. The molecule has 0 radical (unpaired) electrons. The molecule has 1 unspecified atom stereocenters. The zero-order valence-corrected chi connectivity index (χ0v) is 21.1. The molecule has 1 fully saturated rings. The molecular formula is C22H29N3O7S2. The summed E-state index contributed by atoms with van der Waals surface area (Å²) >= 11 is 1.13. The maximum atomic E-state index is 12.6. The highest BCUT2D eigenvalue weighted by Gasteiger charge is 2.27. The molecular weight excluding hydrogens is 482 g/mol. The number of benzene rings is 1. The third kappa shape index (κ3) is 6.66. The summed E-state index contributed by atoms with van der Waals surface area (Å²) in [6.07, 6.45) is 1.83. The first kappa shape index (κ1) is 25.9. The fraction of sp³-hybridized carbons (Fsp3) is 0.545. The number of fused-ring (bicyclic) bond motifs is 1. The third-order valence-electron chi connectivity index (χ3n) is 5.40. The zero-order valence-electron chi connectivity index (χ0n) is 19.5. The Balaban J connectivity index is 1.83. The smallest absolute Gasteiger partial charge is 0.325 e. The van der Waals surface area contributed by atoms with Gasteiger partial charge in [-0.15, -0.1) is 0 Å². The number of esters is 1. The van der Waals surface area contributed by atoms with Gasteiger partial charge in [-0.1, -0.05) is 18.3 Å². The molecule has 186 valence electrons. The van der Waals surface area contributed by atoms with E-state index in [-0.39, 0.29) is 11.3 Å². The van der Waals surface area contributed by atoms with Crippen LogP contribution in [0.5, 0.6) is 5.75 Å². The van der Waals surface area contributed by atoms with Gasteiger partial charge in [-0.2, -0.15) is 4.99 Å². The van der Waals surface area contributed by atoms with Gasteiger partial charge in [0.25, 0.3) is 5.91 Å². The molecule has 2 heterocycles. The van der Waals surface area contributed by atoms with E-state index in [1.54, 1.807) is 23.1 Å². The fourth-order valence-electron chi connectivity index (χ4n) is 3.82. The van der Waals surface area contributed by atoms with Crippen LogP contribution in [-0.2, 0) is 35.5 Å². The van der Waals surface area contributed by atoms with Gasteiger partial charge in [0.2, 0.25) is 5.91 Å². The van der Waals surface area contributed by atoms with Crippen LogP contribution in [0.4, 0.5) is 0 Å². The molecule has 2 amide bonds. The van der Waals surface area contributed by atoms with Crippen molar-refractivity contribution in [3.05, 3.63) is 23.0 Å². The molecule has 1 aliphatic heterocycles. The summed E-state index contributed by atoms with van der Waals surface area (Å²) in [5, 5.41) is 0. The van der Waals surface area contributed by atoms with Gasteiger partial charge in [0.05, 0.1) is 23.9 Å². The van der Waals surface area contributed by atoms with E-state index in [0.717, 1.165) is 24.2 Å². The minimum Gasteiger partial charge on any atom is -0.494 e. The van der Waals surface area contributed by atoms with Crippen molar-refractivity contribution in [3.63, 3.8) is 0 Å². The molecule has 0 spiro atoms. The van der Waals surface area contributed by atoms with Crippen LogP contribution < -0.4 is 9.54 Å². The predicted molar refractivity (Wildman–Crippen MR) is 127 cm³/mol. The average Bonchev–Trinajstić information content (AvgIpc) is 3.08. The number of hydrogen-bond acceptors (Lipinski definition) is 8. The number of carbonyl (C=O) groups is 3. The number of carbonyl (C=O) groups excluding carboxylic acids is 3. The summed E-state index contributed by atoms with van der Waals surface area (Å²) in [4.78, 5) is 42.6. The maximum absolute atomic E-state index is 12.6. The number of sulfone groups is 1. The van der Waals surface area contributed by atoms with E-state index in [1.165, 1.54) is 11.7 Å². The van der Waals surface area contributed by atoms with Crippen molar-refractivity contribution in [2.24, 2.45) is 10.9 Å². The Morgan fingerprint density at radius 2 is 2.00 bits per heavy atom. The zero-order chi connectivity index (χ0) is 24.9. The summed E-state index contributed by atoms with van der Waals surface area (Å²) in [6.45, 7) is 5.19. The fourth-order valence-corrected chi connectivity index (χ4v) is 5.99. The molecule has 1 atom stereocenters. The highest BCUT2D eigenvalue weighted by Crippen LogP contribution is 2.23. The monoisotopic (exact) mass is 511 g/mol. The van der Waals surface area contributed by atoms with Crippen molar-refractivity contribution >= 4 is 49.2 Å². The lowest BCUT2D eigenvalue weighted by Gasteiger charge is -2.30. The van der Waals surface area contributed by atoms with Gasteiger partial charge in [-0.05, 0) is 43.9 Å². The van der Waals surface area contributed by atoms with Crippen LogP contribution in [0.25, 0.3) is 10.2 Å². The number of hydrogen-bond donors (Lipinski definition) is 0. The van der Waals surface area contributed by atoms with Gasteiger partial charge in [0, 0.05) is 13.1 Å². The first-order valence-electron chi connectivity index (χ1n) is 11.0. The van der Waals surface area contributed by atoms with Gasteiger partial charge in [0.1, 0.15) is 23.8 Å². The molecule has 1 aromatic carbocycles. The van der Waals surface area contributed by atoms with E-state index >= 15 is 0 Å². The molecule has 2 aromatic rings. The molecule has 0 saturated carbocycles. The number of methoxy groups -OCH3 is 1. The van der Waals surface area contributed by atoms with Gasteiger partial charge in [-0.3, -0.25) is 14.4 Å². The van der Waals surface area contributed by atoms with Crippen molar-refractivity contribution < 1.29 is 32.3 Å². The number of aromatic nitrogens is 1.